The molecular weight excluding hydrogens is 334 g/mol. The highest BCUT2D eigenvalue weighted by molar-refractivity contribution is 9.10. The van der Waals surface area contributed by atoms with Crippen LogP contribution in [0.5, 0.6) is 0 Å². The number of nitrogens with zero attached hydrogens (tertiary/aromatic N) is 4. The van der Waals surface area contributed by atoms with Crippen molar-refractivity contribution in [2.24, 2.45) is 0 Å². The molecule has 0 aromatic carbocycles. The van der Waals surface area contributed by atoms with Crippen molar-refractivity contribution in [1.29, 1.82) is 0 Å². The third-order valence-corrected chi connectivity index (χ3v) is 3.15. The zero-order chi connectivity index (χ0) is 14.7. The molecule has 0 aliphatic heterocycles. The van der Waals surface area contributed by atoms with Crippen LogP contribution in [0, 0.1) is 0 Å². The number of carbonyl (C=O) groups excluding carboxylic acids is 1. The summed E-state index contributed by atoms with van der Waals surface area (Å²) in [5.41, 5.74) is 0.882. The highest BCUT2D eigenvalue weighted by Crippen LogP contribution is 2.17. The van der Waals surface area contributed by atoms with Gasteiger partial charge >= 0.3 is 0 Å². The number of nitrogens with one attached hydrogen (secondary N) is 1. The van der Waals surface area contributed by atoms with Crippen LogP contribution in [0.15, 0.2) is 59.6 Å². The van der Waals surface area contributed by atoms with Crippen LogP contribution in [0.2, 0.25) is 0 Å². The molecule has 1 amide bonds. The van der Waals surface area contributed by atoms with Gasteiger partial charge in [-0.2, -0.15) is 5.10 Å². The van der Waals surface area contributed by atoms with E-state index < -0.39 is 0 Å². The Kier molecular flexibility index (Phi) is 3.74. The van der Waals surface area contributed by atoms with Gasteiger partial charge in [-0.15, -0.1) is 0 Å². The van der Waals surface area contributed by atoms with Crippen molar-refractivity contribution >= 4 is 27.5 Å². The molecule has 0 atom stereocenters. The molecule has 0 radical (unpaired) electrons. The second kappa shape index (κ2) is 5.84. The second-order valence-corrected chi connectivity index (χ2v) is 4.94. The van der Waals surface area contributed by atoms with Gasteiger partial charge in [0.25, 0.3) is 5.91 Å². The molecule has 1 N–H and O–H groups in total. The molecule has 3 aromatic rings. The van der Waals surface area contributed by atoms with Gasteiger partial charge in [-0.1, -0.05) is 6.07 Å². The minimum atomic E-state index is -0.308. The molecule has 0 saturated carbocycles. The number of amides is 1. The average Bonchev–Trinajstić information content (AvgIpc) is 3.02. The highest BCUT2D eigenvalue weighted by atomic mass is 79.9. The summed E-state index contributed by atoms with van der Waals surface area (Å²) in [5, 5.41) is 6.92. The van der Waals surface area contributed by atoms with Gasteiger partial charge in [0, 0.05) is 18.6 Å². The maximum atomic E-state index is 12.2. The Morgan fingerprint density at radius 3 is 2.81 bits per heavy atom. The molecule has 0 saturated heterocycles. The first-order valence-electron chi connectivity index (χ1n) is 6.13. The van der Waals surface area contributed by atoms with Crippen molar-refractivity contribution in [1.82, 2.24) is 19.7 Å². The fourth-order valence-corrected chi connectivity index (χ4v) is 2.14. The minimum absolute atomic E-state index is 0.308. The summed E-state index contributed by atoms with van der Waals surface area (Å²) >= 11 is 3.24. The lowest BCUT2D eigenvalue weighted by atomic mass is 10.3. The lowest BCUT2D eigenvalue weighted by molar-refractivity contribution is 0.102. The van der Waals surface area contributed by atoms with Gasteiger partial charge in [-0.3, -0.25) is 4.79 Å². The number of hydrogen-bond acceptors (Lipinski definition) is 4. The summed E-state index contributed by atoms with van der Waals surface area (Å²) < 4.78 is 2.19. The Morgan fingerprint density at radius 2 is 2.05 bits per heavy atom. The van der Waals surface area contributed by atoms with Crippen LogP contribution in [0.3, 0.4) is 0 Å². The lowest BCUT2D eigenvalue weighted by Crippen LogP contribution is -2.16. The molecule has 0 spiro atoms. The van der Waals surface area contributed by atoms with Crippen LogP contribution in [-0.4, -0.2) is 25.7 Å². The van der Waals surface area contributed by atoms with Gasteiger partial charge in [0.2, 0.25) is 0 Å². The summed E-state index contributed by atoms with van der Waals surface area (Å²) in [6.45, 7) is 0. The molecule has 6 nitrogen and oxygen atoms in total. The number of anilines is 1. The summed E-state index contributed by atoms with van der Waals surface area (Å²) in [7, 11) is 0. The summed E-state index contributed by atoms with van der Waals surface area (Å²) in [6, 6.07) is 10.5. The molecule has 0 unspecified atom stereocenters. The Hall–Kier alpha value is -2.54. The van der Waals surface area contributed by atoms with E-state index in [2.05, 4.69) is 36.3 Å². The van der Waals surface area contributed by atoms with E-state index in [1.54, 1.807) is 59.7 Å². The molecule has 3 heterocycles. The van der Waals surface area contributed by atoms with Crippen molar-refractivity contribution in [3.05, 3.63) is 65.3 Å². The van der Waals surface area contributed by atoms with Gasteiger partial charge < -0.3 is 5.32 Å². The third kappa shape index (κ3) is 2.97. The van der Waals surface area contributed by atoms with Gasteiger partial charge in [0.15, 0.2) is 5.82 Å². The molecule has 3 aromatic heterocycles. The Labute approximate surface area is 129 Å². The average molecular weight is 344 g/mol. The van der Waals surface area contributed by atoms with Gasteiger partial charge in [-0.05, 0) is 46.3 Å². The standard InChI is InChI=1S/C14H10BrN5O/c15-12-6-1-4-11(18-12)14(21)19-10-5-2-7-16-13(10)20-9-3-8-17-20/h1-9H,(H,19,21). The Morgan fingerprint density at radius 1 is 1.14 bits per heavy atom. The summed E-state index contributed by atoms with van der Waals surface area (Å²) in [5.74, 6) is 0.239. The van der Waals surface area contributed by atoms with Crippen molar-refractivity contribution in [2.75, 3.05) is 5.32 Å². The van der Waals surface area contributed by atoms with Crippen molar-refractivity contribution < 1.29 is 4.79 Å². The Bertz CT molecular complexity index is 773. The molecule has 21 heavy (non-hydrogen) atoms. The van der Waals surface area contributed by atoms with Gasteiger partial charge in [-0.25, -0.2) is 14.6 Å². The lowest BCUT2D eigenvalue weighted by Gasteiger charge is -2.09. The first-order chi connectivity index (χ1) is 10.2. The first kappa shape index (κ1) is 13.4. The van der Waals surface area contributed by atoms with Crippen LogP contribution in [0.4, 0.5) is 5.69 Å². The third-order valence-electron chi connectivity index (χ3n) is 2.70. The van der Waals surface area contributed by atoms with E-state index in [0.29, 0.717) is 21.8 Å². The molecule has 0 bridgehead atoms. The van der Waals surface area contributed by atoms with Crippen LogP contribution in [0.25, 0.3) is 5.82 Å². The monoisotopic (exact) mass is 343 g/mol. The molecule has 7 heteroatoms. The zero-order valence-corrected chi connectivity index (χ0v) is 12.4. The number of aromatic nitrogens is 4. The van der Waals surface area contributed by atoms with Crippen molar-refractivity contribution in [3.63, 3.8) is 0 Å². The van der Waals surface area contributed by atoms with Crippen molar-refractivity contribution in [2.45, 2.75) is 0 Å². The number of halogens is 1. The van der Waals surface area contributed by atoms with Crippen LogP contribution >= 0.6 is 15.9 Å². The van der Waals surface area contributed by atoms with E-state index >= 15 is 0 Å². The Balaban J connectivity index is 1.90. The smallest absolute Gasteiger partial charge is 0.274 e. The zero-order valence-electron chi connectivity index (χ0n) is 10.8. The van der Waals surface area contributed by atoms with Crippen LogP contribution in [0.1, 0.15) is 10.5 Å². The van der Waals surface area contributed by atoms with Gasteiger partial charge in [0.1, 0.15) is 10.3 Å². The van der Waals surface area contributed by atoms with Crippen molar-refractivity contribution in [3.8, 4) is 5.82 Å². The largest absolute Gasteiger partial charge is 0.317 e. The number of pyridine rings is 2. The normalized spacial score (nSPS) is 10.3. The fourth-order valence-electron chi connectivity index (χ4n) is 1.79. The topological polar surface area (TPSA) is 72.7 Å². The van der Waals surface area contributed by atoms with E-state index in [9.17, 15) is 4.79 Å². The van der Waals surface area contributed by atoms with Gasteiger partial charge in [0.05, 0.1) is 5.69 Å². The van der Waals surface area contributed by atoms with E-state index in [1.165, 1.54) is 0 Å². The minimum Gasteiger partial charge on any atom is -0.317 e. The van der Waals surface area contributed by atoms with E-state index in [4.69, 9.17) is 0 Å². The molecule has 104 valence electrons. The molecule has 0 aliphatic rings. The first-order valence-corrected chi connectivity index (χ1v) is 6.92. The van der Waals surface area contributed by atoms with Crippen LogP contribution < -0.4 is 5.32 Å². The molecule has 3 rings (SSSR count). The maximum absolute atomic E-state index is 12.2. The number of carbonyl (C=O) groups is 1. The number of rotatable bonds is 3. The maximum Gasteiger partial charge on any atom is 0.274 e. The molecule has 0 fully saturated rings. The van der Waals surface area contributed by atoms with E-state index in [-0.39, 0.29) is 5.91 Å². The predicted molar refractivity (Wildman–Crippen MR) is 81.2 cm³/mol. The predicted octanol–water partition coefficient (Wildman–Crippen LogP) is 2.68. The summed E-state index contributed by atoms with van der Waals surface area (Å²) in [6.07, 6.45) is 5.05. The highest BCUT2D eigenvalue weighted by Gasteiger charge is 2.12. The second-order valence-electron chi connectivity index (χ2n) is 4.12. The van der Waals surface area contributed by atoms with Crippen LogP contribution in [-0.2, 0) is 0 Å². The van der Waals surface area contributed by atoms with E-state index in [1.807, 2.05) is 0 Å². The SMILES string of the molecule is O=C(Nc1cccnc1-n1cccn1)c1cccc(Br)n1. The number of hydrogen-bond donors (Lipinski definition) is 1. The fraction of sp³-hybridized carbons (Fsp3) is 0. The molecular formula is C14H10BrN5O. The summed E-state index contributed by atoms with van der Waals surface area (Å²) in [4.78, 5) is 20.6. The quantitative estimate of drug-likeness (QED) is 0.742. The van der Waals surface area contributed by atoms with E-state index in [0.717, 1.165) is 0 Å². The molecule has 0 aliphatic carbocycles.